The molecule has 0 aliphatic carbocycles. The van der Waals surface area contributed by atoms with Gasteiger partial charge >= 0.3 is 0 Å². The van der Waals surface area contributed by atoms with Crippen LogP contribution in [0.4, 0.5) is 0 Å². The standard InChI is InChI=1S/C6H10ClNO/c7-8-4-2-1-3-6(9)5-8/h1-5H2. The molecule has 52 valence electrons. The fourth-order valence-electron chi connectivity index (χ4n) is 0.955. The molecule has 0 N–H and O–H groups in total. The largest absolute Gasteiger partial charge is 0.298 e. The maximum Gasteiger partial charge on any atom is 0.148 e. The number of carbonyl (C=O) groups excluding carboxylic acids is 1. The second-order valence-corrected chi connectivity index (χ2v) is 2.82. The zero-order chi connectivity index (χ0) is 6.69. The van der Waals surface area contributed by atoms with Crippen molar-refractivity contribution in [1.29, 1.82) is 0 Å². The fraction of sp³-hybridized carbons (Fsp3) is 0.833. The molecule has 0 atom stereocenters. The molecule has 2 nitrogen and oxygen atoms in total. The maximum atomic E-state index is 10.8. The van der Waals surface area contributed by atoms with Crippen LogP contribution in [-0.2, 0) is 4.79 Å². The second-order valence-electron chi connectivity index (χ2n) is 2.34. The van der Waals surface area contributed by atoms with Crippen molar-refractivity contribution in [2.45, 2.75) is 19.3 Å². The molecule has 1 fully saturated rings. The Labute approximate surface area is 59.9 Å². The minimum Gasteiger partial charge on any atom is -0.298 e. The Morgan fingerprint density at radius 1 is 1.44 bits per heavy atom. The maximum absolute atomic E-state index is 10.8. The van der Waals surface area contributed by atoms with Crippen LogP contribution in [0.5, 0.6) is 0 Å². The molecular weight excluding hydrogens is 138 g/mol. The van der Waals surface area contributed by atoms with Crippen molar-refractivity contribution in [3.8, 4) is 0 Å². The first-order valence-electron chi connectivity index (χ1n) is 3.21. The van der Waals surface area contributed by atoms with E-state index in [0.717, 1.165) is 19.4 Å². The summed E-state index contributed by atoms with van der Waals surface area (Å²) < 4.78 is 1.56. The Kier molecular flexibility index (Phi) is 2.49. The Balaban J connectivity index is 2.37. The Hall–Kier alpha value is -0.0800. The van der Waals surface area contributed by atoms with Crippen molar-refractivity contribution in [2.24, 2.45) is 0 Å². The highest BCUT2D eigenvalue weighted by atomic mass is 35.5. The van der Waals surface area contributed by atoms with Gasteiger partial charge in [-0.1, -0.05) is 0 Å². The molecule has 3 heteroatoms. The van der Waals surface area contributed by atoms with Gasteiger partial charge in [-0.25, -0.2) is 4.42 Å². The third kappa shape index (κ3) is 2.33. The highest BCUT2D eigenvalue weighted by Gasteiger charge is 2.11. The number of carbonyl (C=O) groups is 1. The molecule has 1 heterocycles. The van der Waals surface area contributed by atoms with Crippen LogP contribution in [-0.4, -0.2) is 23.3 Å². The molecule has 1 rings (SSSR count). The topological polar surface area (TPSA) is 20.3 Å². The van der Waals surface area contributed by atoms with Crippen molar-refractivity contribution < 1.29 is 4.79 Å². The molecule has 0 aromatic heterocycles. The monoisotopic (exact) mass is 147 g/mol. The van der Waals surface area contributed by atoms with Crippen LogP contribution in [0.1, 0.15) is 19.3 Å². The van der Waals surface area contributed by atoms with Gasteiger partial charge in [-0.05, 0) is 24.6 Å². The lowest BCUT2D eigenvalue weighted by atomic mass is 10.2. The van der Waals surface area contributed by atoms with E-state index >= 15 is 0 Å². The molecule has 0 aromatic rings. The Morgan fingerprint density at radius 3 is 3.00 bits per heavy atom. The predicted molar refractivity (Wildman–Crippen MR) is 36.3 cm³/mol. The molecule has 9 heavy (non-hydrogen) atoms. The summed E-state index contributed by atoms with van der Waals surface area (Å²) in [5.41, 5.74) is 0. The molecule has 0 unspecified atom stereocenters. The number of ketones is 1. The van der Waals surface area contributed by atoms with Gasteiger partial charge in [-0.3, -0.25) is 4.79 Å². The number of Topliss-reactive ketones (excluding diaryl/α,β-unsaturated/α-hetero) is 1. The van der Waals surface area contributed by atoms with E-state index in [-0.39, 0.29) is 5.78 Å². The second kappa shape index (κ2) is 3.18. The molecule has 1 saturated heterocycles. The van der Waals surface area contributed by atoms with Gasteiger partial charge in [0.15, 0.2) is 0 Å². The number of nitrogens with zero attached hydrogens (tertiary/aromatic N) is 1. The van der Waals surface area contributed by atoms with Crippen LogP contribution < -0.4 is 0 Å². The fourth-order valence-corrected chi connectivity index (χ4v) is 1.21. The summed E-state index contributed by atoms with van der Waals surface area (Å²) in [4.78, 5) is 10.8. The van der Waals surface area contributed by atoms with E-state index in [4.69, 9.17) is 11.8 Å². The smallest absolute Gasteiger partial charge is 0.148 e. The van der Waals surface area contributed by atoms with Gasteiger partial charge in [-0.2, -0.15) is 0 Å². The Morgan fingerprint density at radius 2 is 2.22 bits per heavy atom. The molecule has 0 saturated carbocycles. The normalized spacial score (nSPS) is 23.9. The average Bonchev–Trinajstić information content (AvgIpc) is 1.93. The van der Waals surface area contributed by atoms with Crippen molar-refractivity contribution in [2.75, 3.05) is 13.1 Å². The third-order valence-corrected chi connectivity index (χ3v) is 1.74. The van der Waals surface area contributed by atoms with Gasteiger partial charge in [0.05, 0.1) is 6.54 Å². The Bertz CT molecular complexity index is 116. The first-order valence-corrected chi connectivity index (χ1v) is 3.55. The first kappa shape index (κ1) is 7.03. The van der Waals surface area contributed by atoms with E-state index in [0.29, 0.717) is 13.0 Å². The van der Waals surface area contributed by atoms with E-state index in [9.17, 15) is 4.79 Å². The summed E-state index contributed by atoms with van der Waals surface area (Å²) >= 11 is 5.63. The summed E-state index contributed by atoms with van der Waals surface area (Å²) in [7, 11) is 0. The third-order valence-electron chi connectivity index (χ3n) is 1.45. The highest BCUT2D eigenvalue weighted by Crippen LogP contribution is 2.07. The number of halogens is 1. The van der Waals surface area contributed by atoms with Gasteiger partial charge in [0.2, 0.25) is 0 Å². The molecule has 0 radical (unpaired) electrons. The van der Waals surface area contributed by atoms with E-state index in [2.05, 4.69) is 0 Å². The lowest BCUT2D eigenvalue weighted by molar-refractivity contribution is -0.118. The van der Waals surface area contributed by atoms with Crippen LogP contribution in [0.3, 0.4) is 0 Å². The summed E-state index contributed by atoms with van der Waals surface area (Å²) in [6.07, 6.45) is 2.76. The first-order chi connectivity index (χ1) is 4.29. The molecular formula is C6H10ClNO. The lowest BCUT2D eigenvalue weighted by Crippen LogP contribution is -2.18. The molecule has 1 aliphatic rings. The van der Waals surface area contributed by atoms with Gasteiger partial charge < -0.3 is 0 Å². The molecule has 0 aromatic carbocycles. The van der Waals surface area contributed by atoms with Crippen LogP contribution in [0.2, 0.25) is 0 Å². The van der Waals surface area contributed by atoms with Crippen LogP contribution >= 0.6 is 11.8 Å². The number of hydrogen-bond donors (Lipinski definition) is 0. The van der Waals surface area contributed by atoms with Crippen molar-refractivity contribution in [1.82, 2.24) is 4.42 Å². The zero-order valence-corrected chi connectivity index (χ0v) is 6.02. The quantitative estimate of drug-likeness (QED) is 0.480. The SMILES string of the molecule is O=C1CCCCN(Cl)C1. The van der Waals surface area contributed by atoms with E-state index in [1.54, 1.807) is 4.42 Å². The highest BCUT2D eigenvalue weighted by molar-refractivity contribution is 6.14. The van der Waals surface area contributed by atoms with Crippen LogP contribution in [0.15, 0.2) is 0 Å². The van der Waals surface area contributed by atoms with Crippen molar-refractivity contribution in [3.05, 3.63) is 0 Å². The molecule has 0 amide bonds. The van der Waals surface area contributed by atoms with Crippen molar-refractivity contribution in [3.63, 3.8) is 0 Å². The lowest BCUT2D eigenvalue weighted by Gasteiger charge is -2.05. The van der Waals surface area contributed by atoms with Crippen molar-refractivity contribution >= 4 is 17.6 Å². The molecule has 0 spiro atoms. The predicted octanol–water partition coefficient (Wildman–Crippen LogP) is 1.20. The minimum atomic E-state index is 0.266. The summed E-state index contributed by atoms with van der Waals surface area (Å²) in [5.74, 6) is 0.266. The van der Waals surface area contributed by atoms with E-state index in [1.807, 2.05) is 0 Å². The summed E-state index contributed by atoms with van der Waals surface area (Å²) in [6, 6.07) is 0. The molecule has 0 bridgehead atoms. The van der Waals surface area contributed by atoms with E-state index in [1.165, 1.54) is 0 Å². The minimum absolute atomic E-state index is 0.266. The van der Waals surface area contributed by atoms with Gasteiger partial charge in [0, 0.05) is 13.0 Å². The van der Waals surface area contributed by atoms with Crippen LogP contribution in [0.25, 0.3) is 0 Å². The zero-order valence-electron chi connectivity index (χ0n) is 5.27. The van der Waals surface area contributed by atoms with Gasteiger partial charge in [-0.15, -0.1) is 0 Å². The van der Waals surface area contributed by atoms with Gasteiger partial charge in [0.1, 0.15) is 5.78 Å². The average molecular weight is 148 g/mol. The van der Waals surface area contributed by atoms with E-state index < -0.39 is 0 Å². The van der Waals surface area contributed by atoms with Crippen LogP contribution in [0, 0.1) is 0 Å². The summed E-state index contributed by atoms with van der Waals surface area (Å²) in [5, 5.41) is 0. The van der Waals surface area contributed by atoms with Gasteiger partial charge in [0.25, 0.3) is 0 Å². The number of hydrogen-bond acceptors (Lipinski definition) is 2. The summed E-state index contributed by atoms with van der Waals surface area (Å²) in [6.45, 7) is 1.29. The number of rotatable bonds is 0. The molecule has 1 aliphatic heterocycles.